The Hall–Kier alpha value is -3.33. The number of nitrogens with zero attached hydrogens (tertiary/aromatic N) is 1. The molecule has 7 nitrogen and oxygen atoms in total. The number of hydrogen-bond donors (Lipinski definition) is 2. The van der Waals surface area contributed by atoms with E-state index in [1.807, 2.05) is 36.4 Å². The lowest BCUT2D eigenvalue weighted by Crippen LogP contribution is -2.50. The molecule has 0 aromatic heterocycles. The van der Waals surface area contributed by atoms with Gasteiger partial charge in [0.05, 0.1) is 11.2 Å². The Bertz CT molecular complexity index is 1300. The zero-order valence-electron chi connectivity index (χ0n) is 20.5. The Kier molecular flexibility index (Phi) is 11.2. The predicted octanol–water partition coefficient (Wildman–Crippen LogP) is 5.97. The SMILES string of the molecule is C=CCOc1ccc(Br)cc1/C=N\NC(=O)[C@@H](Cc1ccccc1)NC(=O)[C@H](C)Oc1ccc(Cl)cc1Cl. The highest BCUT2D eigenvalue weighted by atomic mass is 79.9. The van der Waals surface area contributed by atoms with Crippen LogP contribution >= 0.6 is 39.1 Å². The van der Waals surface area contributed by atoms with Crippen LogP contribution in [0.4, 0.5) is 0 Å². The van der Waals surface area contributed by atoms with Crippen molar-refractivity contribution >= 4 is 57.2 Å². The van der Waals surface area contributed by atoms with E-state index in [-0.39, 0.29) is 11.4 Å². The van der Waals surface area contributed by atoms with Crippen molar-refractivity contribution in [3.05, 3.63) is 105 Å². The van der Waals surface area contributed by atoms with E-state index in [0.717, 1.165) is 10.0 Å². The zero-order chi connectivity index (χ0) is 27.5. The summed E-state index contributed by atoms with van der Waals surface area (Å²) in [6.45, 7) is 5.53. The highest BCUT2D eigenvalue weighted by Crippen LogP contribution is 2.28. The van der Waals surface area contributed by atoms with Crippen molar-refractivity contribution < 1.29 is 19.1 Å². The van der Waals surface area contributed by atoms with E-state index < -0.39 is 24.0 Å². The van der Waals surface area contributed by atoms with Crippen LogP contribution in [0.25, 0.3) is 0 Å². The van der Waals surface area contributed by atoms with Crippen LogP contribution in [0.1, 0.15) is 18.1 Å². The number of benzene rings is 3. The van der Waals surface area contributed by atoms with Gasteiger partial charge < -0.3 is 14.8 Å². The van der Waals surface area contributed by atoms with Gasteiger partial charge in [-0.2, -0.15) is 5.10 Å². The van der Waals surface area contributed by atoms with Crippen molar-refractivity contribution in [3.63, 3.8) is 0 Å². The smallest absolute Gasteiger partial charge is 0.262 e. The van der Waals surface area contributed by atoms with E-state index in [1.54, 1.807) is 37.3 Å². The van der Waals surface area contributed by atoms with Crippen LogP contribution in [0.3, 0.4) is 0 Å². The van der Waals surface area contributed by atoms with Gasteiger partial charge in [0.1, 0.15) is 24.1 Å². The molecule has 0 spiro atoms. The Balaban J connectivity index is 1.72. The van der Waals surface area contributed by atoms with E-state index >= 15 is 0 Å². The molecule has 0 unspecified atom stereocenters. The Labute approximate surface area is 239 Å². The van der Waals surface area contributed by atoms with Crippen LogP contribution in [0.2, 0.25) is 10.0 Å². The van der Waals surface area contributed by atoms with Crippen LogP contribution in [-0.4, -0.2) is 36.8 Å². The molecule has 3 aromatic carbocycles. The molecule has 3 aromatic rings. The molecule has 0 saturated heterocycles. The molecule has 0 saturated carbocycles. The number of ether oxygens (including phenoxy) is 2. The molecule has 198 valence electrons. The van der Waals surface area contributed by atoms with Crippen LogP contribution in [-0.2, 0) is 16.0 Å². The first kappa shape index (κ1) is 29.2. The third kappa shape index (κ3) is 8.90. The van der Waals surface area contributed by atoms with Gasteiger partial charge >= 0.3 is 0 Å². The number of hydrogen-bond acceptors (Lipinski definition) is 5. The second kappa shape index (κ2) is 14.6. The summed E-state index contributed by atoms with van der Waals surface area (Å²) in [6.07, 6.45) is 2.41. The predicted molar refractivity (Wildman–Crippen MR) is 154 cm³/mol. The van der Waals surface area contributed by atoms with Gasteiger partial charge in [0, 0.05) is 21.5 Å². The molecule has 0 aliphatic rings. The largest absolute Gasteiger partial charge is 0.489 e. The highest BCUT2D eigenvalue weighted by Gasteiger charge is 2.25. The Morgan fingerprint density at radius 1 is 1.05 bits per heavy atom. The molecule has 2 atom stereocenters. The first-order chi connectivity index (χ1) is 18.3. The summed E-state index contributed by atoms with van der Waals surface area (Å²) < 4.78 is 12.2. The normalized spacial score (nSPS) is 12.4. The number of rotatable bonds is 12. The summed E-state index contributed by atoms with van der Waals surface area (Å²) in [5.41, 5.74) is 4.02. The quantitative estimate of drug-likeness (QED) is 0.149. The van der Waals surface area contributed by atoms with Crippen molar-refractivity contribution in [2.75, 3.05) is 6.61 Å². The molecular weight excluding hydrogens is 593 g/mol. The maximum atomic E-state index is 13.1. The van der Waals surface area contributed by atoms with Crippen molar-refractivity contribution in [2.24, 2.45) is 5.10 Å². The summed E-state index contributed by atoms with van der Waals surface area (Å²) in [7, 11) is 0. The average Bonchev–Trinajstić information content (AvgIpc) is 2.89. The number of halogens is 3. The molecule has 0 radical (unpaired) electrons. The fraction of sp³-hybridized carbons (Fsp3) is 0.179. The second-order valence-electron chi connectivity index (χ2n) is 8.10. The van der Waals surface area contributed by atoms with Crippen molar-refractivity contribution in [1.82, 2.24) is 10.7 Å². The monoisotopic (exact) mass is 617 g/mol. The molecule has 0 aliphatic carbocycles. The number of nitrogens with one attached hydrogen (secondary N) is 2. The molecule has 38 heavy (non-hydrogen) atoms. The maximum absolute atomic E-state index is 13.1. The summed E-state index contributed by atoms with van der Waals surface area (Å²) in [6, 6.07) is 18.5. The van der Waals surface area contributed by atoms with Crippen LogP contribution in [0.15, 0.2) is 89.0 Å². The summed E-state index contributed by atoms with van der Waals surface area (Å²) in [4.78, 5) is 26.1. The molecule has 0 fully saturated rings. The summed E-state index contributed by atoms with van der Waals surface area (Å²) >= 11 is 15.5. The van der Waals surface area contributed by atoms with Crippen LogP contribution in [0, 0.1) is 0 Å². The van der Waals surface area contributed by atoms with Gasteiger partial charge in [-0.15, -0.1) is 0 Å². The van der Waals surface area contributed by atoms with Crippen molar-refractivity contribution in [1.29, 1.82) is 0 Å². The van der Waals surface area contributed by atoms with E-state index in [0.29, 0.717) is 28.7 Å². The molecular formula is C28H26BrCl2N3O4. The third-order valence-corrected chi connectivity index (χ3v) is 6.21. The number of amides is 2. The molecule has 0 bridgehead atoms. The van der Waals surface area contributed by atoms with Gasteiger partial charge in [-0.1, -0.05) is 82.1 Å². The van der Waals surface area contributed by atoms with Crippen LogP contribution < -0.4 is 20.2 Å². The van der Waals surface area contributed by atoms with E-state index in [2.05, 4.69) is 38.4 Å². The standard InChI is InChI=1S/C28H26BrCl2N3O4/c1-3-13-37-25-11-9-21(29)15-20(25)17-32-34-28(36)24(14-19-7-5-4-6-8-19)33-27(35)18(2)38-26-12-10-22(30)16-23(26)31/h3-12,15-18,24H,1,13-14H2,2H3,(H,33,35)(H,34,36)/b32-17-/t18-,24+/m0/s1. The van der Waals surface area contributed by atoms with Gasteiger partial charge in [0.15, 0.2) is 6.10 Å². The van der Waals surface area contributed by atoms with Crippen LogP contribution in [0.5, 0.6) is 11.5 Å². The fourth-order valence-corrected chi connectivity index (χ4v) is 4.14. The first-order valence-corrected chi connectivity index (χ1v) is 13.1. The lowest BCUT2D eigenvalue weighted by atomic mass is 10.1. The van der Waals surface area contributed by atoms with Gasteiger partial charge in [0.2, 0.25) is 0 Å². The minimum absolute atomic E-state index is 0.243. The molecule has 0 heterocycles. The van der Waals surface area contributed by atoms with Gasteiger partial charge in [-0.05, 0) is 48.9 Å². The molecule has 2 N–H and O–H groups in total. The highest BCUT2D eigenvalue weighted by molar-refractivity contribution is 9.10. The second-order valence-corrected chi connectivity index (χ2v) is 9.86. The van der Waals surface area contributed by atoms with Crippen molar-refractivity contribution in [3.8, 4) is 11.5 Å². The molecule has 2 amide bonds. The minimum Gasteiger partial charge on any atom is -0.489 e. The maximum Gasteiger partial charge on any atom is 0.262 e. The number of carbonyl (C=O) groups is 2. The van der Waals surface area contributed by atoms with Gasteiger partial charge in [0.25, 0.3) is 11.8 Å². The van der Waals surface area contributed by atoms with Crippen molar-refractivity contribution in [2.45, 2.75) is 25.5 Å². The lowest BCUT2D eigenvalue weighted by Gasteiger charge is -2.21. The van der Waals surface area contributed by atoms with Gasteiger partial charge in [-0.3, -0.25) is 9.59 Å². The zero-order valence-corrected chi connectivity index (χ0v) is 23.6. The van der Waals surface area contributed by atoms with E-state index in [4.69, 9.17) is 32.7 Å². The number of hydrazone groups is 1. The summed E-state index contributed by atoms with van der Waals surface area (Å²) in [5.74, 6) is -0.120. The molecule has 0 aliphatic heterocycles. The van der Waals surface area contributed by atoms with Gasteiger partial charge in [-0.25, -0.2) is 5.43 Å². The number of carbonyl (C=O) groups excluding carboxylic acids is 2. The topological polar surface area (TPSA) is 89.0 Å². The average molecular weight is 619 g/mol. The fourth-order valence-electron chi connectivity index (χ4n) is 3.31. The molecule has 10 heteroatoms. The van der Waals surface area contributed by atoms with E-state index in [9.17, 15) is 9.59 Å². The third-order valence-electron chi connectivity index (χ3n) is 5.19. The Morgan fingerprint density at radius 3 is 2.50 bits per heavy atom. The molecule has 3 rings (SSSR count). The lowest BCUT2D eigenvalue weighted by molar-refractivity contribution is -0.132. The van der Waals surface area contributed by atoms with E-state index in [1.165, 1.54) is 12.3 Å². The first-order valence-electron chi connectivity index (χ1n) is 11.6. The minimum atomic E-state index is -0.936. The Morgan fingerprint density at radius 2 is 1.79 bits per heavy atom. The summed E-state index contributed by atoms with van der Waals surface area (Å²) in [5, 5.41) is 7.56.